The van der Waals surface area contributed by atoms with Crippen LogP contribution in [0.4, 0.5) is 0 Å². The normalized spacial score (nSPS) is 15.1. The van der Waals surface area contributed by atoms with Crippen LogP contribution in [0.15, 0.2) is 11.6 Å². The lowest BCUT2D eigenvalue weighted by atomic mass is 10.2. The Balaban J connectivity index is 4.71. The highest BCUT2D eigenvalue weighted by Crippen LogP contribution is 2.37. The molecule has 0 N–H and O–H groups in total. The van der Waals surface area contributed by atoms with Crippen molar-refractivity contribution in [2.24, 2.45) is 0 Å². The maximum atomic E-state index is 10.9. The lowest BCUT2D eigenvalue weighted by Crippen LogP contribution is -2.43. The number of carbonyl (C=O) groups excluding carboxylic acids is 1. The highest BCUT2D eigenvalue weighted by Gasteiger charge is 2.38. The summed E-state index contributed by atoms with van der Waals surface area (Å²) in [5, 5.41) is -0.332. The summed E-state index contributed by atoms with van der Waals surface area (Å²) >= 11 is 5.37. The molecule has 0 fully saturated rings. The minimum absolute atomic E-state index is 0.114. The van der Waals surface area contributed by atoms with Crippen molar-refractivity contribution in [3.8, 4) is 12.3 Å². The zero-order valence-electron chi connectivity index (χ0n) is 12.1. The van der Waals surface area contributed by atoms with Crippen molar-refractivity contribution >= 4 is 25.2 Å². The monoisotopic (exact) mass is 286 g/mol. The lowest BCUT2D eigenvalue weighted by molar-refractivity contribution is -0.108. The van der Waals surface area contributed by atoms with Crippen LogP contribution in [0.2, 0.25) is 18.1 Å². The lowest BCUT2D eigenvalue weighted by Gasteiger charge is -2.37. The Morgan fingerprint density at radius 3 is 2.33 bits per heavy atom. The van der Waals surface area contributed by atoms with Gasteiger partial charge >= 0.3 is 0 Å². The molecule has 0 saturated heterocycles. The van der Waals surface area contributed by atoms with Gasteiger partial charge in [-0.2, -0.15) is 0 Å². The van der Waals surface area contributed by atoms with E-state index in [2.05, 4.69) is 39.8 Å². The second-order valence-electron chi connectivity index (χ2n) is 5.93. The largest absolute Gasteiger partial charge is 0.403 e. The number of halogens is 1. The number of carbonyl (C=O) groups is 1. The van der Waals surface area contributed by atoms with Crippen LogP contribution in [0, 0.1) is 12.3 Å². The van der Waals surface area contributed by atoms with E-state index in [1.165, 1.54) is 0 Å². The molecule has 0 heterocycles. The Kier molecular flexibility index (Phi) is 6.35. The molecule has 0 spiro atoms. The zero-order chi connectivity index (χ0) is 14.6. The highest BCUT2D eigenvalue weighted by molar-refractivity contribution is 6.74. The van der Waals surface area contributed by atoms with Crippen molar-refractivity contribution in [1.82, 2.24) is 0 Å². The zero-order valence-corrected chi connectivity index (χ0v) is 13.9. The third kappa shape index (κ3) is 5.39. The Bertz CT molecular complexity index is 372. The predicted octanol–water partition coefficient (Wildman–Crippen LogP) is 4.11. The first-order valence-electron chi connectivity index (χ1n) is 6.02. The molecule has 0 aromatic heterocycles. The molecule has 0 aliphatic heterocycles. The van der Waals surface area contributed by atoms with E-state index in [4.69, 9.17) is 22.5 Å². The van der Waals surface area contributed by atoms with E-state index < -0.39 is 13.6 Å². The van der Waals surface area contributed by atoms with Crippen LogP contribution in [0.25, 0.3) is 0 Å². The smallest absolute Gasteiger partial charge is 0.247 e. The quantitative estimate of drug-likeness (QED) is 0.329. The van der Waals surface area contributed by atoms with Gasteiger partial charge in [-0.3, -0.25) is 4.79 Å². The van der Waals surface area contributed by atoms with Gasteiger partial charge in [0.1, 0.15) is 6.10 Å². The average Bonchev–Trinajstić information content (AvgIpc) is 2.21. The molecular weight excluding hydrogens is 264 g/mol. The van der Waals surface area contributed by atoms with Gasteiger partial charge in [-0.15, -0.1) is 6.42 Å². The molecule has 0 unspecified atom stereocenters. The van der Waals surface area contributed by atoms with Crippen LogP contribution in [-0.4, -0.2) is 19.7 Å². The molecule has 0 bridgehead atoms. The molecule has 4 heteroatoms. The van der Waals surface area contributed by atoms with Crippen molar-refractivity contribution in [2.45, 2.75) is 58.4 Å². The number of hydrogen-bond donors (Lipinski definition) is 0. The summed E-state index contributed by atoms with van der Waals surface area (Å²) in [6.45, 7) is 12.5. The molecule has 0 saturated carbocycles. The van der Waals surface area contributed by atoms with Gasteiger partial charge in [0.05, 0.1) is 0 Å². The SMILES string of the molecule is C#C[C@@H](C/C=C(\C)C(=O)Cl)O[Si](C)(C)C(C)(C)C. The summed E-state index contributed by atoms with van der Waals surface area (Å²) in [6, 6.07) is 0. The minimum Gasteiger partial charge on any atom is -0.403 e. The molecule has 0 amide bonds. The van der Waals surface area contributed by atoms with Gasteiger partial charge in [-0.1, -0.05) is 32.8 Å². The van der Waals surface area contributed by atoms with Crippen molar-refractivity contribution in [3.63, 3.8) is 0 Å². The number of terminal acetylenes is 1. The molecular formula is C14H23ClO2Si. The maximum Gasteiger partial charge on any atom is 0.247 e. The predicted molar refractivity (Wildman–Crippen MR) is 80.1 cm³/mol. The molecule has 102 valence electrons. The van der Waals surface area contributed by atoms with Crippen LogP contribution < -0.4 is 0 Å². The van der Waals surface area contributed by atoms with Crippen LogP contribution >= 0.6 is 11.6 Å². The second kappa shape index (κ2) is 6.56. The Morgan fingerprint density at radius 2 is 2.00 bits per heavy atom. The van der Waals surface area contributed by atoms with Crippen molar-refractivity contribution in [1.29, 1.82) is 0 Å². The van der Waals surface area contributed by atoms with Gasteiger partial charge in [-0.05, 0) is 36.7 Å². The Morgan fingerprint density at radius 1 is 1.50 bits per heavy atom. The summed E-state index contributed by atoms with van der Waals surface area (Å²) in [4.78, 5) is 10.9. The molecule has 0 radical (unpaired) electrons. The van der Waals surface area contributed by atoms with E-state index in [0.717, 1.165) is 0 Å². The fourth-order valence-electron chi connectivity index (χ4n) is 1.05. The topological polar surface area (TPSA) is 26.3 Å². The first-order valence-corrected chi connectivity index (χ1v) is 9.30. The number of hydrogen-bond acceptors (Lipinski definition) is 2. The maximum absolute atomic E-state index is 10.9. The van der Waals surface area contributed by atoms with Crippen molar-refractivity contribution < 1.29 is 9.22 Å². The molecule has 0 aromatic carbocycles. The van der Waals surface area contributed by atoms with Crippen LogP contribution in [0.5, 0.6) is 0 Å². The highest BCUT2D eigenvalue weighted by atomic mass is 35.5. The van der Waals surface area contributed by atoms with Gasteiger partial charge in [-0.25, -0.2) is 0 Å². The van der Waals surface area contributed by atoms with Gasteiger partial charge in [0.2, 0.25) is 5.24 Å². The third-order valence-corrected chi connectivity index (χ3v) is 8.16. The van der Waals surface area contributed by atoms with Crippen molar-refractivity contribution in [3.05, 3.63) is 11.6 Å². The summed E-state index contributed by atoms with van der Waals surface area (Å²) in [5.74, 6) is 2.64. The fourth-order valence-corrected chi connectivity index (χ4v) is 2.35. The third-order valence-electron chi connectivity index (χ3n) is 3.38. The van der Waals surface area contributed by atoms with Crippen LogP contribution in [0.3, 0.4) is 0 Å². The van der Waals surface area contributed by atoms with Gasteiger partial charge < -0.3 is 4.43 Å². The number of allylic oxidation sites excluding steroid dienone is 1. The number of rotatable bonds is 5. The average molecular weight is 287 g/mol. The molecule has 0 rings (SSSR count). The van der Waals surface area contributed by atoms with E-state index in [0.29, 0.717) is 12.0 Å². The van der Waals surface area contributed by atoms with E-state index >= 15 is 0 Å². The van der Waals surface area contributed by atoms with Gasteiger partial charge in [0.25, 0.3) is 0 Å². The first-order chi connectivity index (χ1) is 8.01. The van der Waals surface area contributed by atoms with Gasteiger partial charge in [0.15, 0.2) is 8.32 Å². The summed E-state index contributed by atoms with van der Waals surface area (Å²) in [5.41, 5.74) is 0.510. The first kappa shape index (κ1) is 17.4. The second-order valence-corrected chi connectivity index (χ2v) is 11.0. The van der Waals surface area contributed by atoms with Gasteiger partial charge in [0, 0.05) is 12.0 Å². The summed E-state index contributed by atoms with van der Waals surface area (Å²) in [7, 11) is -1.88. The molecule has 2 nitrogen and oxygen atoms in total. The standard InChI is InChI=1S/C14H23ClO2Si/c1-8-12(10-9-11(2)13(15)16)17-18(6,7)14(3,4)5/h1,9,12H,10H2,2-7H3/b11-9+/t12-/m0/s1. The fraction of sp³-hybridized carbons (Fsp3) is 0.643. The molecule has 18 heavy (non-hydrogen) atoms. The van der Waals surface area contributed by atoms with Crippen LogP contribution in [0.1, 0.15) is 34.1 Å². The molecule has 0 aliphatic rings. The summed E-state index contributed by atoms with van der Waals surface area (Å²) < 4.78 is 6.09. The summed E-state index contributed by atoms with van der Waals surface area (Å²) in [6.07, 6.45) is 7.46. The molecule has 0 aromatic rings. The van der Waals surface area contributed by atoms with E-state index in [-0.39, 0.29) is 11.1 Å². The Hall–Kier alpha value is -0.563. The van der Waals surface area contributed by atoms with Crippen molar-refractivity contribution in [2.75, 3.05) is 0 Å². The Labute approximate surface area is 117 Å². The van der Waals surface area contributed by atoms with Crippen LogP contribution in [-0.2, 0) is 9.22 Å². The molecule has 0 aliphatic carbocycles. The van der Waals surface area contributed by atoms with E-state index in [1.54, 1.807) is 13.0 Å². The van der Waals surface area contributed by atoms with E-state index in [9.17, 15) is 4.79 Å². The molecule has 1 atom stereocenters. The van der Waals surface area contributed by atoms with E-state index in [1.807, 2.05) is 0 Å². The minimum atomic E-state index is -1.88.